The summed E-state index contributed by atoms with van der Waals surface area (Å²) in [6.07, 6.45) is 6.90. The molecule has 0 radical (unpaired) electrons. The average molecular weight is 562 g/mol. The van der Waals surface area contributed by atoms with Crippen molar-refractivity contribution < 1.29 is 27.8 Å². The smallest absolute Gasteiger partial charge is 0.387 e. The minimum absolute atomic E-state index is 0.0751. The third-order valence-electron chi connectivity index (χ3n) is 7.90. The number of benzene rings is 1. The van der Waals surface area contributed by atoms with Gasteiger partial charge in [0.25, 0.3) is 0 Å². The van der Waals surface area contributed by atoms with Crippen molar-refractivity contribution in [1.29, 1.82) is 0 Å². The summed E-state index contributed by atoms with van der Waals surface area (Å²) in [5.74, 6) is 0.295. The summed E-state index contributed by atoms with van der Waals surface area (Å²) in [4.78, 5) is 39.4. The van der Waals surface area contributed by atoms with Crippen LogP contribution in [-0.2, 0) is 14.3 Å². The van der Waals surface area contributed by atoms with E-state index in [0.29, 0.717) is 36.4 Å². The fourth-order valence-electron chi connectivity index (χ4n) is 5.97. The first-order chi connectivity index (χ1) is 19.8. The van der Waals surface area contributed by atoms with E-state index in [9.17, 15) is 18.4 Å². The van der Waals surface area contributed by atoms with Gasteiger partial charge in [-0.05, 0) is 31.0 Å². The zero-order valence-electron chi connectivity index (χ0n) is 22.7. The number of carbonyl (C=O) groups excluding carboxylic acids is 2. The Labute approximate surface area is 235 Å². The molecular weight excluding hydrogens is 532 g/mol. The number of likely N-dealkylation sites (tertiary alicyclic amines) is 1. The van der Waals surface area contributed by atoms with Crippen molar-refractivity contribution in [1.82, 2.24) is 24.3 Å². The molecule has 0 N–H and O–H groups in total. The lowest BCUT2D eigenvalue weighted by atomic mass is 9.95. The Kier molecular flexibility index (Phi) is 7.10. The molecule has 11 heteroatoms. The van der Waals surface area contributed by atoms with Gasteiger partial charge in [-0.15, -0.1) is 0 Å². The fraction of sp³-hybridized carbons (Fsp3) is 0.367. The highest BCUT2D eigenvalue weighted by Gasteiger charge is 2.40. The van der Waals surface area contributed by atoms with Crippen molar-refractivity contribution in [3.8, 4) is 16.9 Å². The molecule has 2 aliphatic rings. The van der Waals surface area contributed by atoms with Gasteiger partial charge in [0.15, 0.2) is 0 Å². The number of piperidine rings is 1. The SMILES string of the molecule is CC(=O)OC1CC(c2ccccc2OC(F)F)c2c1nc1ccc(-c3cnc(C4CCN(C(C)=O)CC4)nc3)cn21. The summed E-state index contributed by atoms with van der Waals surface area (Å²) in [7, 11) is 0. The van der Waals surface area contributed by atoms with Crippen LogP contribution >= 0.6 is 0 Å². The molecule has 1 aliphatic carbocycles. The third-order valence-corrected chi connectivity index (χ3v) is 7.90. The van der Waals surface area contributed by atoms with E-state index >= 15 is 0 Å². The summed E-state index contributed by atoms with van der Waals surface area (Å²) < 4.78 is 38.8. The van der Waals surface area contributed by atoms with Crippen LogP contribution in [0.2, 0.25) is 0 Å². The summed E-state index contributed by atoms with van der Waals surface area (Å²) in [5.41, 5.74) is 4.22. The molecular formula is C30H29F2N5O4. The largest absolute Gasteiger partial charge is 0.456 e. The molecule has 6 rings (SSSR count). The van der Waals surface area contributed by atoms with Gasteiger partial charge in [-0.3, -0.25) is 9.59 Å². The zero-order chi connectivity index (χ0) is 28.7. The van der Waals surface area contributed by atoms with E-state index in [-0.39, 0.29) is 17.6 Å². The van der Waals surface area contributed by atoms with Crippen LogP contribution in [0.1, 0.15) is 73.8 Å². The maximum absolute atomic E-state index is 13.2. The number of nitrogens with zero attached hydrogens (tertiary/aromatic N) is 5. The van der Waals surface area contributed by atoms with Gasteiger partial charge >= 0.3 is 12.6 Å². The molecule has 1 aliphatic heterocycles. The second-order valence-corrected chi connectivity index (χ2v) is 10.4. The van der Waals surface area contributed by atoms with Gasteiger partial charge in [-0.25, -0.2) is 15.0 Å². The molecule has 9 nitrogen and oxygen atoms in total. The lowest BCUT2D eigenvalue weighted by Gasteiger charge is -2.30. The molecule has 212 valence electrons. The Bertz CT molecular complexity index is 1600. The van der Waals surface area contributed by atoms with Gasteiger partial charge in [0.2, 0.25) is 5.91 Å². The first-order valence-corrected chi connectivity index (χ1v) is 13.6. The minimum Gasteiger partial charge on any atom is -0.456 e. The van der Waals surface area contributed by atoms with Crippen molar-refractivity contribution in [3.05, 3.63) is 77.8 Å². The number of esters is 1. The summed E-state index contributed by atoms with van der Waals surface area (Å²) in [6.45, 7) is 1.36. The van der Waals surface area contributed by atoms with Gasteiger partial charge in [0.1, 0.15) is 29.0 Å². The highest BCUT2D eigenvalue weighted by Crippen LogP contribution is 2.48. The third kappa shape index (κ3) is 5.23. The number of halogens is 2. The van der Waals surface area contributed by atoms with Crippen LogP contribution in [-0.4, -0.2) is 55.8 Å². The molecule has 3 aromatic heterocycles. The van der Waals surface area contributed by atoms with E-state index in [2.05, 4.69) is 9.97 Å². The van der Waals surface area contributed by atoms with Crippen molar-refractivity contribution in [2.75, 3.05) is 13.1 Å². The van der Waals surface area contributed by atoms with E-state index in [1.807, 2.05) is 27.6 Å². The average Bonchev–Trinajstić information content (AvgIpc) is 3.50. The quantitative estimate of drug-likeness (QED) is 0.296. The maximum atomic E-state index is 13.2. The van der Waals surface area contributed by atoms with Crippen LogP contribution in [0.25, 0.3) is 16.8 Å². The lowest BCUT2D eigenvalue weighted by molar-refractivity contribution is -0.146. The van der Waals surface area contributed by atoms with Crippen LogP contribution in [0.3, 0.4) is 0 Å². The lowest BCUT2D eigenvalue weighted by Crippen LogP contribution is -2.36. The van der Waals surface area contributed by atoms with Crippen LogP contribution in [0.4, 0.5) is 8.78 Å². The molecule has 1 saturated heterocycles. The monoisotopic (exact) mass is 561 g/mol. The second-order valence-electron chi connectivity index (χ2n) is 10.4. The molecule has 0 spiro atoms. The van der Waals surface area contributed by atoms with Crippen LogP contribution in [0.5, 0.6) is 5.75 Å². The number of imidazole rings is 1. The van der Waals surface area contributed by atoms with E-state index in [0.717, 1.165) is 35.5 Å². The number of aromatic nitrogens is 4. The van der Waals surface area contributed by atoms with E-state index in [1.165, 1.54) is 13.0 Å². The maximum Gasteiger partial charge on any atom is 0.387 e. The van der Waals surface area contributed by atoms with E-state index in [4.69, 9.17) is 14.5 Å². The molecule has 1 amide bonds. The summed E-state index contributed by atoms with van der Waals surface area (Å²) >= 11 is 0. The highest BCUT2D eigenvalue weighted by molar-refractivity contribution is 5.73. The number of rotatable bonds is 6. The number of alkyl halides is 2. The minimum atomic E-state index is -2.97. The van der Waals surface area contributed by atoms with Crippen molar-refractivity contribution in [2.45, 2.75) is 57.7 Å². The number of ether oxygens (including phenoxy) is 2. The zero-order valence-corrected chi connectivity index (χ0v) is 22.7. The van der Waals surface area contributed by atoms with E-state index in [1.54, 1.807) is 37.5 Å². The molecule has 2 unspecified atom stereocenters. The van der Waals surface area contributed by atoms with Gasteiger partial charge in [0, 0.05) is 80.5 Å². The normalized spacial score (nSPS) is 19.0. The topological polar surface area (TPSA) is 98.9 Å². The molecule has 4 aromatic rings. The Balaban J connectivity index is 1.35. The number of amides is 1. The van der Waals surface area contributed by atoms with E-state index < -0.39 is 24.6 Å². The fourth-order valence-corrected chi connectivity index (χ4v) is 5.97. The predicted molar refractivity (Wildman–Crippen MR) is 144 cm³/mol. The number of hydrogen-bond donors (Lipinski definition) is 0. The second kappa shape index (κ2) is 10.9. The molecule has 1 fully saturated rings. The standard InChI is InChI=1S/C30H29F2N5O4/c1-17(38)36-11-9-19(10-12-36)29-33-14-21(15-34-29)20-7-8-26-35-27-25(40-18(2)39)13-23(28(27)37(26)16-20)22-5-3-4-6-24(22)41-30(31)32/h3-8,14-16,19,23,25,30H,9-13H2,1-2H3. The molecule has 41 heavy (non-hydrogen) atoms. The first kappa shape index (κ1) is 26.8. The van der Waals surface area contributed by atoms with Gasteiger partial charge in [-0.1, -0.05) is 18.2 Å². The van der Waals surface area contributed by atoms with Crippen molar-refractivity contribution >= 4 is 17.5 Å². The van der Waals surface area contributed by atoms with Gasteiger partial charge in [-0.2, -0.15) is 8.78 Å². The van der Waals surface area contributed by atoms with Crippen molar-refractivity contribution in [2.24, 2.45) is 0 Å². The number of para-hydroxylation sites is 1. The van der Waals surface area contributed by atoms with Crippen LogP contribution in [0, 0.1) is 0 Å². The Morgan fingerprint density at radius 2 is 1.73 bits per heavy atom. The van der Waals surface area contributed by atoms with Crippen molar-refractivity contribution in [3.63, 3.8) is 0 Å². The summed E-state index contributed by atoms with van der Waals surface area (Å²) in [5, 5.41) is 0. The van der Waals surface area contributed by atoms with Crippen LogP contribution < -0.4 is 4.74 Å². The molecule has 2 atom stereocenters. The molecule has 0 saturated carbocycles. The molecule has 0 bridgehead atoms. The summed E-state index contributed by atoms with van der Waals surface area (Å²) in [6, 6.07) is 10.5. The number of pyridine rings is 1. The number of hydrogen-bond acceptors (Lipinski definition) is 7. The van der Waals surface area contributed by atoms with Crippen LogP contribution in [0.15, 0.2) is 55.0 Å². The Hall–Kier alpha value is -4.41. The number of carbonyl (C=O) groups is 2. The number of fused-ring (bicyclic) bond motifs is 3. The highest BCUT2D eigenvalue weighted by atomic mass is 19.3. The molecule has 1 aromatic carbocycles. The predicted octanol–water partition coefficient (Wildman–Crippen LogP) is 5.26. The van der Waals surface area contributed by atoms with Gasteiger partial charge in [0.05, 0.1) is 5.69 Å². The molecule has 4 heterocycles. The Morgan fingerprint density at radius 1 is 1.00 bits per heavy atom. The Morgan fingerprint density at radius 3 is 2.41 bits per heavy atom. The first-order valence-electron chi connectivity index (χ1n) is 13.6. The van der Waals surface area contributed by atoms with Gasteiger partial charge < -0.3 is 18.8 Å².